The maximum atomic E-state index is 12.8. The molecule has 0 saturated heterocycles. The quantitative estimate of drug-likeness (QED) is 0.441. The first-order valence-corrected chi connectivity index (χ1v) is 11.5. The zero-order chi connectivity index (χ0) is 23.8. The van der Waals surface area contributed by atoms with E-state index in [2.05, 4.69) is 34.9 Å². The topological polar surface area (TPSA) is 105 Å². The molecule has 0 spiro atoms. The van der Waals surface area contributed by atoms with E-state index in [0.717, 1.165) is 22.3 Å². The highest BCUT2D eigenvalue weighted by atomic mass is 16.5. The highest BCUT2D eigenvalue weighted by molar-refractivity contribution is 5.83. The minimum Gasteiger partial charge on any atom is -0.481 e. The number of hydrogen-bond acceptors (Lipinski definition) is 4. The maximum absolute atomic E-state index is 12.8. The van der Waals surface area contributed by atoms with E-state index < -0.39 is 17.5 Å². The van der Waals surface area contributed by atoms with Crippen molar-refractivity contribution >= 4 is 18.0 Å². The molecular weight excluding hydrogens is 420 g/mol. The van der Waals surface area contributed by atoms with Crippen LogP contribution in [0, 0.1) is 5.41 Å². The van der Waals surface area contributed by atoms with E-state index in [1.807, 2.05) is 38.1 Å². The van der Waals surface area contributed by atoms with Crippen LogP contribution in [-0.4, -0.2) is 42.8 Å². The minimum absolute atomic E-state index is 0.00350. The second-order valence-corrected chi connectivity index (χ2v) is 8.42. The molecule has 1 aliphatic carbocycles. The van der Waals surface area contributed by atoms with Crippen LogP contribution < -0.4 is 10.6 Å². The minimum atomic E-state index is -0.890. The standard InChI is InChI=1S/C26H32N2O5/c1-3-26(4-2,24(31)27-15-9-14-23(29)30)17-28-25(32)33-16-22-20-12-7-5-10-18(20)19-11-6-8-13-21(19)22/h5-8,10-13,22H,3-4,9,14-17H2,1-2H3,(H,27,31)(H,28,32)(H,29,30). The number of ether oxygens (including phenoxy) is 1. The second kappa shape index (κ2) is 11.0. The highest BCUT2D eigenvalue weighted by Crippen LogP contribution is 2.44. The van der Waals surface area contributed by atoms with Crippen molar-refractivity contribution in [1.29, 1.82) is 0 Å². The van der Waals surface area contributed by atoms with Crippen molar-refractivity contribution in [1.82, 2.24) is 10.6 Å². The average Bonchev–Trinajstić information content (AvgIpc) is 3.15. The number of carboxylic acids is 1. The molecule has 0 heterocycles. The lowest BCUT2D eigenvalue weighted by Gasteiger charge is -2.30. The molecule has 3 rings (SSSR count). The molecule has 0 bridgehead atoms. The first-order chi connectivity index (χ1) is 15.9. The Kier molecular flexibility index (Phi) is 8.09. The van der Waals surface area contributed by atoms with Crippen LogP contribution in [0.5, 0.6) is 0 Å². The lowest BCUT2D eigenvalue weighted by Crippen LogP contribution is -2.48. The molecule has 7 nitrogen and oxygen atoms in total. The zero-order valence-corrected chi connectivity index (χ0v) is 19.2. The molecule has 0 saturated carbocycles. The Morgan fingerprint density at radius 1 is 0.939 bits per heavy atom. The molecule has 0 atom stereocenters. The summed E-state index contributed by atoms with van der Waals surface area (Å²) in [6.45, 7) is 4.46. The van der Waals surface area contributed by atoms with Gasteiger partial charge in [-0.25, -0.2) is 4.79 Å². The van der Waals surface area contributed by atoms with Crippen LogP contribution in [0.4, 0.5) is 4.79 Å². The molecular formula is C26H32N2O5. The van der Waals surface area contributed by atoms with Crippen molar-refractivity contribution < 1.29 is 24.2 Å². The summed E-state index contributed by atoms with van der Waals surface area (Å²) in [5.74, 6) is -1.10. The number of carbonyl (C=O) groups excluding carboxylic acids is 2. The van der Waals surface area contributed by atoms with Crippen LogP contribution >= 0.6 is 0 Å². The number of amides is 2. The summed E-state index contributed by atoms with van der Waals surface area (Å²) in [5.41, 5.74) is 3.84. The number of rotatable bonds is 11. The molecule has 0 radical (unpaired) electrons. The molecule has 2 amide bonds. The van der Waals surface area contributed by atoms with E-state index in [4.69, 9.17) is 9.84 Å². The van der Waals surface area contributed by atoms with E-state index in [1.54, 1.807) is 0 Å². The molecule has 1 aliphatic rings. The van der Waals surface area contributed by atoms with Gasteiger partial charge in [0.1, 0.15) is 6.61 Å². The number of carbonyl (C=O) groups is 3. The Bertz CT molecular complexity index is 954. The third-order valence-corrected chi connectivity index (χ3v) is 6.60. The first-order valence-electron chi connectivity index (χ1n) is 11.5. The molecule has 176 valence electrons. The summed E-state index contributed by atoms with van der Waals surface area (Å²) in [6, 6.07) is 16.3. The van der Waals surface area contributed by atoms with Crippen LogP contribution in [0.2, 0.25) is 0 Å². The SMILES string of the molecule is CCC(CC)(CNC(=O)OCC1c2ccccc2-c2ccccc21)C(=O)NCCCC(=O)O. The van der Waals surface area contributed by atoms with Crippen molar-refractivity contribution in [3.05, 3.63) is 59.7 Å². The van der Waals surface area contributed by atoms with Gasteiger partial charge in [-0.15, -0.1) is 0 Å². The Morgan fingerprint density at radius 3 is 2.06 bits per heavy atom. The lowest BCUT2D eigenvalue weighted by molar-refractivity contribution is -0.137. The number of carboxylic acid groups (broad SMARTS) is 1. The van der Waals surface area contributed by atoms with Gasteiger partial charge in [-0.3, -0.25) is 9.59 Å². The Morgan fingerprint density at radius 2 is 1.52 bits per heavy atom. The van der Waals surface area contributed by atoms with Gasteiger partial charge in [-0.2, -0.15) is 0 Å². The summed E-state index contributed by atoms with van der Waals surface area (Å²) in [5, 5.41) is 14.3. The summed E-state index contributed by atoms with van der Waals surface area (Å²) < 4.78 is 5.58. The van der Waals surface area contributed by atoms with Crippen molar-refractivity contribution in [3.63, 3.8) is 0 Å². The third-order valence-electron chi connectivity index (χ3n) is 6.60. The number of nitrogens with one attached hydrogen (secondary N) is 2. The second-order valence-electron chi connectivity index (χ2n) is 8.42. The van der Waals surface area contributed by atoms with E-state index in [1.165, 1.54) is 0 Å². The monoisotopic (exact) mass is 452 g/mol. The fourth-order valence-electron chi connectivity index (χ4n) is 4.42. The number of alkyl carbamates (subject to hydrolysis) is 1. The van der Waals surface area contributed by atoms with Crippen LogP contribution in [-0.2, 0) is 14.3 Å². The van der Waals surface area contributed by atoms with Crippen LogP contribution in [0.1, 0.15) is 56.6 Å². The van der Waals surface area contributed by atoms with Crippen LogP contribution in [0.15, 0.2) is 48.5 Å². The van der Waals surface area contributed by atoms with E-state index in [9.17, 15) is 14.4 Å². The van der Waals surface area contributed by atoms with E-state index in [-0.39, 0.29) is 37.9 Å². The lowest BCUT2D eigenvalue weighted by atomic mass is 9.81. The average molecular weight is 453 g/mol. The summed E-state index contributed by atoms with van der Waals surface area (Å²) in [6.07, 6.45) is 0.894. The van der Waals surface area contributed by atoms with Gasteiger partial charge in [-0.05, 0) is 41.5 Å². The van der Waals surface area contributed by atoms with Crippen molar-refractivity contribution in [3.8, 4) is 11.1 Å². The third kappa shape index (κ3) is 5.53. The predicted octanol–water partition coefficient (Wildman–Crippen LogP) is 4.31. The fraction of sp³-hybridized carbons (Fsp3) is 0.423. The molecule has 7 heteroatoms. The van der Waals surface area contributed by atoms with Crippen LogP contribution in [0.3, 0.4) is 0 Å². The van der Waals surface area contributed by atoms with Gasteiger partial charge in [0.15, 0.2) is 0 Å². The molecule has 2 aromatic rings. The summed E-state index contributed by atoms with van der Waals surface area (Å²) >= 11 is 0. The summed E-state index contributed by atoms with van der Waals surface area (Å²) in [4.78, 5) is 36.0. The van der Waals surface area contributed by atoms with Gasteiger partial charge in [0.2, 0.25) is 5.91 Å². The van der Waals surface area contributed by atoms with E-state index >= 15 is 0 Å². The fourth-order valence-corrected chi connectivity index (χ4v) is 4.42. The number of hydrogen-bond donors (Lipinski definition) is 3. The molecule has 0 aliphatic heterocycles. The largest absolute Gasteiger partial charge is 0.481 e. The van der Waals surface area contributed by atoms with Crippen molar-refractivity contribution in [2.24, 2.45) is 5.41 Å². The van der Waals surface area contributed by atoms with Gasteiger partial charge in [0.05, 0.1) is 5.41 Å². The maximum Gasteiger partial charge on any atom is 0.407 e. The predicted molar refractivity (Wildman–Crippen MR) is 126 cm³/mol. The highest BCUT2D eigenvalue weighted by Gasteiger charge is 2.35. The molecule has 2 aromatic carbocycles. The van der Waals surface area contributed by atoms with Gasteiger partial charge < -0.3 is 20.5 Å². The van der Waals surface area contributed by atoms with Gasteiger partial charge in [-0.1, -0.05) is 62.4 Å². The number of aliphatic carboxylic acids is 1. The summed E-state index contributed by atoms with van der Waals surface area (Å²) in [7, 11) is 0. The van der Waals surface area contributed by atoms with Crippen molar-refractivity contribution in [2.75, 3.05) is 19.7 Å². The molecule has 0 unspecified atom stereocenters. The van der Waals surface area contributed by atoms with Gasteiger partial charge in [0, 0.05) is 25.4 Å². The zero-order valence-electron chi connectivity index (χ0n) is 19.2. The Labute approximate surface area is 194 Å². The Balaban J connectivity index is 1.57. The smallest absolute Gasteiger partial charge is 0.407 e. The van der Waals surface area contributed by atoms with Crippen LogP contribution in [0.25, 0.3) is 11.1 Å². The molecule has 0 fully saturated rings. The first kappa shape index (κ1) is 24.3. The number of benzene rings is 2. The van der Waals surface area contributed by atoms with E-state index in [0.29, 0.717) is 19.3 Å². The normalized spacial score (nSPS) is 12.5. The van der Waals surface area contributed by atoms with Gasteiger partial charge >= 0.3 is 12.1 Å². The Hall–Kier alpha value is -3.35. The van der Waals surface area contributed by atoms with Gasteiger partial charge in [0.25, 0.3) is 0 Å². The number of fused-ring (bicyclic) bond motifs is 3. The van der Waals surface area contributed by atoms with Crippen molar-refractivity contribution in [2.45, 2.75) is 45.4 Å². The molecule has 3 N–H and O–H groups in total. The molecule has 33 heavy (non-hydrogen) atoms. The molecule has 0 aromatic heterocycles.